The highest BCUT2D eigenvalue weighted by molar-refractivity contribution is 6.37. The van der Waals surface area contributed by atoms with Gasteiger partial charge in [0.05, 0.1) is 5.02 Å². The van der Waals surface area contributed by atoms with Gasteiger partial charge in [-0.25, -0.2) is 0 Å². The summed E-state index contributed by atoms with van der Waals surface area (Å²) in [5.74, 6) is 0.149. The van der Waals surface area contributed by atoms with Gasteiger partial charge in [0.2, 0.25) is 0 Å². The standard InChI is InChI=1S/C16H16Cl2O/c1-10-4-3-5-12(8-10)6-7-13-9-14(17)11(2)15(18)16(13)19/h3-5,8-9,19H,6-7H2,1-2H3. The Bertz CT molecular complexity index is 606. The third kappa shape index (κ3) is 3.23. The molecule has 0 unspecified atom stereocenters. The third-order valence-electron chi connectivity index (χ3n) is 3.27. The number of aryl methyl sites for hydroxylation is 3. The number of halogens is 2. The lowest BCUT2D eigenvalue weighted by Gasteiger charge is -2.10. The summed E-state index contributed by atoms with van der Waals surface area (Å²) in [5.41, 5.74) is 4.00. The van der Waals surface area contributed by atoms with E-state index in [-0.39, 0.29) is 5.75 Å². The predicted molar refractivity (Wildman–Crippen MR) is 81.5 cm³/mol. The number of rotatable bonds is 3. The lowest BCUT2D eigenvalue weighted by Crippen LogP contribution is -1.94. The Morgan fingerprint density at radius 1 is 1.05 bits per heavy atom. The summed E-state index contributed by atoms with van der Waals surface area (Å²) < 4.78 is 0. The molecule has 0 aliphatic heterocycles. The number of phenolic OH excluding ortho intramolecular Hbond substituents is 1. The number of benzene rings is 2. The van der Waals surface area contributed by atoms with Gasteiger partial charge in [-0.2, -0.15) is 0 Å². The van der Waals surface area contributed by atoms with E-state index >= 15 is 0 Å². The highest BCUT2D eigenvalue weighted by Gasteiger charge is 2.12. The largest absolute Gasteiger partial charge is 0.506 e. The van der Waals surface area contributed by atoms with Crippen LogP contribution in [0.1, 0.15) is 22.3 Å². The highest BCUT2D eigenvalue weighted by Crippen LogP contribution is 2.36. The number of phenols is 1. The van der Waals surface area contributed by atoms with Crippen molar-refractivity contribution in [2.45, 2.75) is 26.7 Å². The van der Waals surface area contributed by atoms with Gasteiger partial charge in [-0.1, -0.05) is 53.0 Å². The van der Waals surface area contributed by atoms with Crippen molar-refractivity contribution in [1.82, 2.24) is 0 Å². The molecule has 0 fully saturated rings. The van der Waals surface area contributed by atoms with Crippen LogP contribution in [-0.2, 0) is 12.8 Å². The molecule has 0 bridgehead atoms. The Morgan fingerprint density at radius 2 is 1.79 bits per heavy atom. The first-order valence-electron chi connectivity index (χ1n) is 6.21. The second-order valence-corrected chi connectivity index (χ2v) is 5.58. The zero-order valence-corrected chi connectivity index (χ0v) is 12.5. The summed E-state index contributed by atoms with van der Waals surface area (Å²) in [4.78, 5) is 0. The monoisotopic (exact) mass is 294 g/mol. The number of hydrogen-bond acceptors (Lipinski definition) is 1. The van der Waals surface area contributed by atoms with Crippen molar-refractivity contribution in [2.75, 3.05) is 0 Å². The second-order valence-electron chi connectivity index (χ2n) is 4.79. The molecule has 1 nitrogen and oxygen atoms in total. The van der Waals surface area contributed by atoms with Crippen LogP contribution in [-0.4, -0.2) is 5.11 Å². The molecule has 0 amide bonds. The first-order chi connectivity index (χ1) is 8.99. The average Bonchev–Trinajstić information content (AvgIpc) is 2.39. The molecule has 19 heavy (non-hydrogen) atoms. The minimum atomic E-state index is 0.149. The maximum Gasteiger partial charge on any atom is 0.137 e. The first kappa shape index (κ1) is 14.2. The van der Waals surface area contributed by atoms with E-state index in [1.807, 2.05) is 6.07 Å². The lowest BCUT2D eigenvalue weighted by atomic mass is 10.0. The maximum atomic E-state index is 10.0. The van der Waals surface area contributed by atoms with Crippen molar-refractivity contribution in [2.24, 2.45) is 0 Å². The zero-order valence-electron chi connectivity index (χ0n) is 11.0. The van der Waals surface area contributed by atoms with Gasteiger partial charge in [0.1, 0.15) is 5.75 Å². The van der Waals surface area contributed by atoms with Crippen LogP contribution in [0.5, 0.6) is 5.75 Å². The van der Waals surface area contributed by atoms with Gasteiger partial charge >= 0.3 is 0 Å². The minimum absolute atomic E-state index is 0.149. The highest BCUT2D eigenvalue weighted by atomic mass is 35.5. The van der Waals surface area contributed by atoms with Crippen molar-refractivity contribution in [3.05, 3.63) is 62.6 Å². The van der Waals surface area contributed by atoms with Crippen LogP contribution < -0.4 is 0 Å². The van der Waals surface area contributed by atoms with Gasteiger partial charge in [-0.05, 0) is 49.4 Å². The smallest absolute Gasteiger partial charge is 0.137 e. The van der Waals surface area contributed by atoms with Crippen molar-refractivity contribution in [1.29, 1.82) is 0 Å². The van der Waals surface area contributed by atoms with Crippen LogP contribution in [0.3, 0.4) is 0 Å². The van der Waals surface area contributed by atoms with E-state index in [1.54, 1.807) is 13.0 Å². The molecule has 2 aromatic carbocycles. The summed E-state index contributed by atoms with van der Waals surface area (Å²) in [6.45, 7) is 3.87. The molecule has 100 valence electrons. The summed E-state index contributed by atoms with van der Waals surface area (Å²) in [5, 5.41) is 11.0. The average molecular weight is 295 g/mol. The van der Waals surface area contributed by atoms with Crippen LogP contribution in [0.2, 0.25) is 10.0 Å². The summed E-state index contributed by atoms with van der Waals surface area (Å²) in [6, 6.07) is 10.1. The van der Waals surface area contributed by atoms with Crippen molar-refractivity contribution in [3.63, 3.8) is 0 Å². The molecule has 0 heterocycles. The van der Waals surface area contributed by atoms with Crippen LogP contribution in [0.15, 0.2) is 30.3 Å². The first-order valence-corrected chi connectivity index (χ1v) is 6.96. The Hall–Kier alpha value is -1.18. The number of aromatic hydroxyl groups is 1. The molecular weight excluding hydrogens is 279 g/mol. The summed E-state index contributed by atoms with van der Waals surface area (Å²) in [6.07, 6.45) is 1.57. The van der Waals surface area contributed by atoms with E-state index in [9.17, 15) is 5.11 Å². The third-order valence-corrected chi connectivity index (χ3v) is 4.12. The van der Waals surface area contributed by atoms with E-state index in [2.05, 4.69) is 25.1 Å². The maximum absolute atomic E-state index is 10.0. The van der Waals surface area contributed by atoms with E-state index < -0.39 is 0 Å². The molecular formula is C16H16Cl2O. The summed E-state index contributed by atoms with van der Waals surface area (Å²) >= 11 is 12.2. The van der Waals surface area contributed by atoms with Crippen molar-refractivity contribution >= 4 is 23.2 Å². The second kappa shape index (κ2) is 5.85. The molecule has 0 saturated carbocycles. The van der Waals surface area contributed by atoms with Crippen molar-refractivity contribution in [3.8, 4) is 5.75 Å². The molecule has 2 rings (SSSR count). The fourth-order valence-electron chi connectivity index (χ4n) is 2.09. The molecule has 0 atom stereocenters. The normalized spacial score (nSPS) is 10.7. The molecule has 0 aliphatic rings. The Morgan fingerprint density at radius 3 is 2.47 bits per heavy atom. The van der Waals surface area contributed by atoms with E-state index in [0.29, 0.717) is 10.0 Å². The Balaban J connectivity index is 2.21. The van der Waals surface area contributed by atoms with E-state index in [1.165, 1.54) is 11.1 Å². The van der Waals surface area contributed by atoms with Crippen LogP contribution in [0, 0.1) is 13.8 Å². The van der Waals surface area contributed by atoms with E-state index in [0.717, 1.165) is 24.0 Å². The van der Waals surface area contributed by atoms with Crippen LogP contribution >= 0.6 is 23.2 Å². The molecule has 3 heteroatoms. The zero-order chi connectivity index (χ0) is 14.0. The fraction of sp³-hybridized carbons (Fsp3) is 0.250. The fourth-order valence-corrected chi connectivity index (χ4v) is 2.59. The van der Waals surface area contributed by atoms with Gasteiger partial charge in [0, 0.05) is 5.02 Å². The predicted octanol–water partition coefficient (Wildman–Crippen LogP) is 5.10. The van der Waals surface area contributed by atoms with Gasteiger partial charge in [0.15, 0.2) is 0 Å². The molecule has 0 saturated heterocycles. The molecule has 0 spiro atoms. The Labute approximate surface area is 123 Å². The van der Waals surface area contributed by atoms with Gasteiger partial charge in [0.25, 0.3) is 0 Å². The quantitative estimate of drug-likeness (QED) is 0.835. The topological polar surface area (TPSA) is 20.2 Å². The van der Waals surface area contributed by atoms with Crippen LogP contribution in [0.25, 0.3) is 0 Å². The van der Waals surface area contributed by atoms with E-state index in [4.69, 9.17) is 23.2 Å². The number of hydrogen-bond donors (Lipinski definition) is 1. The Kier molecular flexibility index (Phi) is 4.38. The van der Waals surface area contributed by atoms with Crippen LogP contribution in [0.4, 0.5) is 0 Å². The molecule has 1 N–H and O–H groups in total. The molecule has 0 aromatic heterocycles. The van der Waals surface area contributed by atoms with Gasteiger partial charge in [-0.3, -0.25) is 0 Å². The van der Waals surface area contributed by atoms with Gasteiger partial charge in [-0.15, -0.1) is 0 Å². The molecule has 2 aromatic rings. The minimum Gasteiger partial charge on any atom is -0.506 e. The van der Waals surface area contributed by atoms with Gasteiger partial charge < -0.3 is 5.11 Å². The molecule has 0 aliphatic carbocycles. The summed E-state index contributed by atoms with van der Waals surface area (Å²) in [7, 11) is 0. The lowest BCUT2D eigenvalue weighted by molar-refractivity contribution is 0.468. The van der Waals surface area contributed by atoms with Crippen molar-refractivity contribution < 1.29 is 5.11 Å². The SMILES string of the molecule is Cc1cccc(CCc2cc(Cl)c(C)c(Cl)c2O)c1. The molecule has 0 radical (unpaired) electrons.